The van der Waals surface area contributed by atoms with Crippen LogP contribution < -0.4 is 5.56 Å². The highest BCUT2D eigenvalue weighted by molar-refractivity contribution is 5.94. The summed E-state index contributed by atoms with van der Waals surface area (Å²) < 4.78 is 7.00. The van der Waals surface area contributed by atoms with Gasteiger partial charge < -0.3 is 9.64 Å². The summed E-state index contributed by atoms with van der Waals surface area (Å²) in [7, 11) is 1.67. The van der Waals surface area contributed by atoms with Crippen LogP contribution in [0.5, 0.6) is 0 Å². The number of unbranched alkanes of at least 4 members (excludes halogenated alkanes) is 3. The second-order valence-corrected chi connectivity index (χ2v) is 10.2. The highest BCUT2D eigenvalue weighted by atomic mass is 16.5. The third kappa shape index (κ3) is 6.86. The van der Waals surface area contributed by atoms with Gasteiger partial charge in [0.15, 0.2) is 0 Å². The second-order valence-electron chi connectivity index (χ2n) is 10.2. The SMILES string of the molecule is CCCCCCc1ccc(C(=O)N(CCCOC)C(CC)c2nc3ccccc3c(=O)n2-c2ccccc2)cc1. The average molecular weight is 540 g/mol. The number of carbonyl (C=O) groups excluding carboxylic acids is 1. The van der Waals surface area contributed by atoms with E-state index in [1.165, 1.54) is 24.8 Å². The van der Waals surface area contributed by atoms with Crippen molar-refractivity contribution in [3.63, 3.8) is 0 Å². The first-order chi connectivity index (χ1) is 19.6. The zero-order valence-electron chi connectivity index (χ0n) is 24.0. The van der Waals surface area contributed by atoms with Crippen LogP contribution in [0.4, 0.5) is 0 Å². The summed E-state index contributed by atoms with van der Waals surface area (Å²) in [6.07, 6.45) is 7.16. The van der Waals surface area contributed by atoms with Gasteiger partial charge in [-0.3, -0.25) is 14.2 Å². The van der Waals surface area contributed by atoms with Crippen LogP contribution in [0.15, 0.2) is 83.7 Å². The van der Waals surface area contributed by atoms with Crippen LogP contribution in [0.25, 0.3) is 16.6 Å². The molecule has 0 aliphatic rings. The number of aryl methyl sites for hydroxylation is 1. The minimum Gasteiger partial charge on any atom is -0.385 e. The van der Waals surface area contributed by atoms with Gasteiger partial charge in [0.25, 0.3) is 11.5 Å². The minimum absolute atomic E-state index is 0.0671. The van der Waals surface area contributed by atoms with E-state index in [0.717, 1.165) is 18.5 Å². The normalized spacial score (nSPS) is 12.0. The summed E-state index contributed by atoms with van der Waals surface area (Å²) in [5.74, 6) is 0.498. The second kappa shape index (κ2) is 14.6. The van der Waals surface area contributed by atoms with E-state index in [1.807, 2.05) is 72.5 Å². The molecule has 0 spiro atoms. The third-order valence-electron chi connectivity index (χ3n) is 7.41. The lowest BCUT2D eigenvalue weighted by atomic mass is 10.0. The summed E-state index contributed by atoms with van der Waals surface area (Å²) in [6.45, 7) is 5.28. The Hall–Kier alpha value is -3.77. The van der Waals surface area contributed by atoms with Crippen LogP contribution >= 0.6 is 0 Å². The number of nitrogens with zero attached hydrogens (tertiary/aromatic N) is 3. The summed E-state index contributed by atoms with van der Waals surface area (Å²) in [4.78, 5) is 34.8. The van der Waals surface area contributed by atoms with Crippen molar-refractivity contribution in [2.75, 3.05) is 20.3 Å². The lowest BCUT2D eigenvalue weighted by molar-refractivity contribution is 0.0634. The minimum atomic E-state index is -0.407. The maximum Gasteiger partial charge on any atom is 0.266 e. The van der Waals surface area contributed by atoms with E-state index in [2.05, 4.69) is 19.1 Å². The van der Waals surface area contributed by atoms with Crippen LogP contribution in [-0.4, -0.2) is 40.6 Å². The van der Waals surface area contributed by atoms with Gasteiger partial charge in [0, 0.05) is 25.8 Å². The summed E-state index contributed by atoms with van der Waals surface area (Å²) in [5.41, 5.74) is 3.12. The van der Waals surface area contributed by atoms with Crippen molar-refractivity contribution in [2.24, 2.45) is 0 Å². The molecule has 3 aromatic carbocycles. The Bertz CT molecular complexity index is 1430. The van der Waals surface area contributed by atoms with E-state index in [-0.39, 0.29) is 11.5 Å². The van der Waals surface area contributed by atoms with Crippen LogP contribution in [0, 0.1) is 0 Å². The Morgan fingerprint density at radius 2 is 1.62 bits per heavy atom. The number of methoxy groups -OCH3 is 1. The van der Waals surface area contributed by atoms with E-state index >= 15 is 0 Å². The summed E-state index contributed by atoms with van der Waals surface area (Å²) in [5, 5.41) is 0.553. The molecule has 0 bridgehead atoms. The van der Waals surface area contributed by atoms with Crippen molar-refractivity contribution in [1.29, 1.82) is 0 Å². The van der Waals surface area contributed by atoms with Crippen molar-refractivity contribution in [1.82, 2.24) is 14.5 Å². The van der Waals surface area contributed by atoms with Crippen molar-refractivity contribution in [2.45, 2.75) is 64.8 Å². The predicted octanol–water partition coefficient (Wildman–Crippen LogP) is 7.14. The first-order valence-corrected chi connectivity index (χ1v) is 14.5. The molecule has 0 radical (unpaired) electrons. The van der Waals surface area contributed by atoms with Crippen molar-refractivity contribution < 1.29 is 9.53 Å². The van der Waals surface area contributed by atoms with E-state index in [9.17, 15) is 9.59 Å². The van der Waals surface area contributed by atoms with Gasteiger partial charge in [0.2, 0.25) is 0 Å². The fourth-order valence-electron chi connectivity index (χ4n) is 5.26. The van der Waals surface area contributed by atoms with Gasteiger partial charge in [-0.2, -0.15) is 0 Å². The fraction of sp³-hybridized carbons (Fsp3) is 0.382. The van der Waals surface area contributed by atoms with E-state index in [1.54, 1.807) is 17.7 Å². The number of fused-ring (bicyclic) bond motifs is 1. The molecule has 1 atom stereocenters. The molecule has 1 amide bonds. The summed E-state index contributed by atoms with van der Waals surface area (Å²) >= 11 is 0. The molecule has 1 unspecified atom stereocenters. The molecule has 4 aromatic rings. The zero-order valence-corrected chi connectivity index (χ0v) is 24.0. The van der Waals surface area contributed by atoms with Crippen LogP contribution in [-0.2, 0) is 11.2 Å². The Morgan fingerprint density at radius 1 is 0.900 bits per heavy atom. The number of carbonyl (C=O) groups is 1. The van der Waals surface area contributed by atoms with Crippen molar-refractivity contribution in [3.05, 3.63) is 106 Å². The average Bonchev–Trinajstić information content (AvgIpc) is 2.99. The summed E-state index contributed by atoms with van der Waals surface area (Å²) in [6, 6.07) is 24.6. The van der Waals surface area contributed by atoms with Crippen LogP contribution in [0.1, 0.15) is 80.2 Å². The van der Waals surface area contributed by atoms with Crippen molar-refractivity contribution >= 4 is 16.8 Å². The predicted molar refractivity (Wildman–Crippen MR) is 162 cm³/mol. The first kappa shape index (κ1) is 29.2. The number of hydrogen-bond donors (Lipinski definition) is 0. The van der Waals surface area contributed by atoms with Gasteiger partial charge in [-0.1, -0.05) is 75.6 Å². The molecule has 6 heteroatoms. The zero-order chi connectivity index (χ0) is 28.3. The molecule has 0 saturated carbocycles. The Kier molecular flexibility index (Phi) is 10.6. The van der Waals surface area contributed by atoms with Gasteiger partial charge in [0.1, 0.15) is 5.82 Å². The van der Waals surface area contributed by atoms with Gasteiger partial charge in [-0.05, 0) is 67.6 Å². The maximum absolute atomic E-state index is 14.1. The largest absolute Gasteiger partial charge is 0.385 e. The van der Waals surface area contributed by atoms with Gasteiger partial charge in [-0.25, -0.2) is 4.98 Å². The molecular weight excluding hydrogens is 498 g/mol. The van der Waals surface area contributed by atoms with Crippen molar-refractivity contribution in [3.8, 4) is 5.69 Å². The number of para-hydroxylation sites is 2. The fourth-order valence-corrected chi connectivity index (χ4v) is 5.26. The number of rotatable bonds is 14. The smallest absolute Gasteiger partial charge is 0.266 e. The molecule has 210 valence electrons. The molecule has 0 aliphatic heterocycles. The Morgan fingerprint density at radius 3 is 2.33 bits per heavy atom. The molecule has 0 saturated heterocycles. The standard InChI is InChI=1S/C34H41N3O3/c1-4-6-7-9-15-26-20-22-27(23-21-26)33(38)36(24-14-25-40-3)31(5-2)32-35-30-19-13-12-18-29(30)34(39)37(32)28-16-10-8-11-17-28/h8,10-13,16-23,31H,4-7,9,14-15,24-25H2,1-3H3. The molecule has 0 fully saturated rings. The number of amides is 1. The van der Waals surface area contributed by atoms with Crippen LogP contribution in [0.2, 0.25) is 0 Å². The molecule has 1 aromatic heterocycles. The quantitative estimate of drug-likeness (QED) is 0.160. The number of aromatic nitrogens is 2. The van der Waals surface area contributed by atoms with E-state index in [4.69, 9.17) is 9.72 Å². The molecule has 0 aliphatic carbocycles. The topological polar surface area (TPSA) is 64.4 Å². The van der Waals surface area contributed by atoms with E-state index < -0.39 is 6.04 Å². The van der Waals surface area contributed by atoms with E-state index in [0.29, 0.717) is 48.3 Å². The molecule has 6 nitrogen and oxygen atoms in total. The highest BCUT2D eigenvalue weighted by Crippen LogP contribution is 2.28. The molecule has 40 heavy (non-hydrogen) atoms. The monoisotopic (exact) mass is 539 g/mol. The number of benzene rings is 3. The molecule has 4 rings (SSSR count). The Balaban J connectivity index is 1.75. The van der Waals surface area contributed by atoms with Crippen LogP contribution in [0.3, 0.4) is 0 Å². The third-order valence-corrected chi connectivity index (χ3v) is 7.41. The maximum atomic E-state index is 14.1. The Labute approximate surface area is 237 Å². The molecule has 0 N–H and O–H groups in total. The highest BCUT2D eigenvalue weighted by Gasteiger charge is 2.29. The number of hydrogen-bond acceptors (Lipinski definition) is 4. The van der Waals surface area contributed by atoms with Gasteiger partial charge in [-0.15, -0.1) is 0 Å². The molecular formula is C34H41N3O3. The lowest BCUT2D eigenvalue weighted by Gasteiger charge is -2.32. The van der Waals surface area contributed by atoms with Gasteiger partial charge in [0.05, 0.1) is 22.6 Å². The van der Waals surface area contributed by atoms with Gasteiger partial charge >= 0.3 is 0 Å². The lowest BCUT2D eigenvalue weighted by Crippen LogP contribution is -2.39. The number of ether oxygens (including phenoxy) is 1. The first-order valence-electron chi connectivity index (χ1n) is 14.5. The molecule has 1 heterocycles.